The van der Waals surface area contributed by atoms with Gasteiger partial charge in [0.1, 0.15) is 10.8 Å². The van der Waals surface area contributed by atoms with Crippen molar-refractivity contribution in [2.45, 2.75) is 64.2 Å². The molecule has 25 heavy (non-hydrogen) atoms. The van der Waals surface area contributed by atoms with Gasteiger partial charge in [-0.1, -0.05) is 38.5 Å². The van der Waals surface area contributed by atoms with Crippen molar-refractivity contribution in [3.63, 3.8) is 0 Å². The zero-order valence-electron chi connectivity index (χ0n) is 14.7. The molecule has 0 aromatic heterocycles. The maximum Gasteiger partial charge on any atom is 0.321 e. The second kappa shape index (κ2) is 8.82. The molecule has 8 nitrogen and oxygen atoms in total. The lowest BCUT2D eigenvalue weighted by molar-refractivity contribution is -0.160. The summed E-state index contributed by atoms with van der Waals surface area (Å²) < 4.78 is 4.61. The Morgan fingerprint density at radius 1 is 0.760 bits per heavy atom. The van der Waals surface area contributed by atoms with Crippen molar-refractivity contribution in [3.8, 4) is 0 Å². The third-order valence-corrected chi connectivity index (χ3v) is 5.34. The van der Waals surface area contributed by atoms with E-state index in [1.165, 1.54) is 7.11 Å². The molecule has 0 heterocycles. The first-order chi connectivity index (χ1) is 11.7. The number of methoxy groups -OCH3 is 1. The molecule has 0 aromatic rings. The van der Waals surface area contributed by atoms with Gasteiger partial charge in [-0.05, 0) is 25.7 Å². The predicted octanol–water partition coefficient (Wildman–Crippen LogP) is 1.10. The van der Waals surface area contributed by atoms with Gasteiger partial charge in [-0.3, -0.25) is 19.2 Å². The first kappa shape index (κ1) is 20.9. The number of ether oxygens (including phenoxy) is 1. The van der Waals surface area contributed by atoms with Crippen molar-refractivity contribution in [3.05, 3.63) is 0 Å². The summed E-state index contributed by atoms with van der Waals surface area (Å²) in [4.78, 5) is 44.4. The summed E-state index contributed by atoms with van der Waals surface area (Å²) in [7, 11) is 1.29. The van der Waals surface area contributed by atoms with Crippen LogP contribution in [0.15, 0.2) is 0 Å². The molecule has 142 valence electrons. The molecule has 0 spiro atoms. The van der Waals surface area contributed by atoms with E-state index in [9.17, 15) is 19.2 Å². The molecule has 5 N–H and O–H groups in total. The summed E-state index contributed by atoms with van der Waals surface area (Å²) in [6.07, 6.45) is 7.26. The van der Waals surface area contributed by atoms with Gasteiger partial charge in [0.25, 0.3) is 0 Å². The van der Waals surface area contributed by atoms with E-state index in [4.69, 9.17) is 16.6 Å². The molecule has 0 aliphatic heterocycles. The number of carbonyl (C=O) groups excluding carboxylic acids is 3. The van der Waals surface area contributed by atoms with Crippen molar-refractivity contribution in [1.29, 1.82) is 0 Å². The lowest BCUT2D eigenvalue weighted by Crippen LogP contribution is -2.45. The lowest BCUT2D eigenvalue weighted by Gasteiger charge is -2.30. The molecule has 0 radical (unpaired) electrons. The summed E-state index contributed by atoms with van der Waals surface area (Å²) in [6.45, 7) is 0. The number of carboxylic acid groups (broad SMARTS) is 1. The van der Waals surface area contributed by atoms with Crippen LogP contribution in [0.2, 0.25) is 0 Å². The number of amides is 2. The molecule has 2 rings (SSSR count). The van der Waals surface area contributed by atoms with Gasteiger partial charge in [-0.2, -0.15) is 0 Å². The van der Waals surface area contributed by atoms with Crippen LogP contribution in [0, 0.1) is 10.8 Å². The number of carboxylic acids is 1. The van der Waals surface area contributed by atoms with Gasteiger partial charge in [0.05, 0.1) is 7.11 Å². The van der Waals surface area contributed by atoms with E-state index < -0.39 is 34.6 Å². The highest BCUT2D eigenvalue weighted by molar-refractivity contribution is 6.02. The molecule has 0 saturated heterocycles. The number of carbonyl (C=O) groups is 4. The van der Waals surface area contributed by atoms with Crippen LogP contribution >= 0.6 is 0 Å². The Balaban J connectivity index is 0.000000251. The fourth-order valence-electron chi connectivity index (χ4n) is 3.62. The average molecular weight is 356 g/mol. The Morgan fingerprint density at radius 3 is 1.36 bits per heavy atom. The van der Waals surface area contributed by atoms with Crippen LogP contribution in [0.1, 0.15) is 64.2 Å². The number of hydrogen-bond acceptors (Lipinski definition) is 5. The molecule has 2 saturated carbocycles. The van der Waals surface area contributed by atoms with Gasteiger partial charge < -0.3 is 21.3 Å². The van der Waals surface area contributed by atoms with Gasteiger partial charge in [0, 0.05) is 0 Å². The third kappa shape index (κ3) is 4.49. The third-order valence-electron chi connectivity index (χ3n) is 5.34. The molecule has 8 heteroatoms. The van der Waals surface area contributed by atoms with E-state index in [0.717, 1.165) is 38.5 Å². The highest BCUT2D eigenvalue weighted by Gasteiger charge is 2.46. The van der Waals surface area contributed by atoms with Crippen LogP contribution in [-0.4, -0.2) is 36.0 Å². The fraction of sp³-hybridized carbons (Fsp3) is 0.765. The molecule has 0 bridgehead atoms. The Hall–Kier alpha value is -2.12. The molecule has 2 aliphatic rings. The van der Waals surface area contributed by atoms with E-state index in [1.807, 2.05) is 0 Å². The van der Waals surface area contributed by atoms with Gasteiger partial charge >= 0.3 is 11.9 Å². The number of aliphatic carboxylic acids is 1. The summed E-state index contributed by atoms with van der Waals surface area (Å²) >= 11 is 0. The molecule has 0 aromatic carbocycles. The van der Waals surface area contributed by atoms with Crippen LogP contribution in [0.4, 0.5) is 0 Å². The summed E-state index contributed by atoms with van der Waals surface area (Å²) in [5.41, 5.74) is 8.02. The Kier molecular flexibility index (Phi) is 7.38. The molecule has 0 atom stereocenters. The molecular formula is C17H28N2O6. The Labute approximate surface area is 147 Å². The summed E-state index contributed by atoms with van der Waals surface area (Å²) in [6, 6.07) is 0. The van der Waals surface area contributed by atoms with Crippen LogP contribution in [0.25, 0.3) is 0 Å². The zero-order valence-corrected chi connectivity index (χ0v) is 14.7. The van der Waals surface area contributed by atoms with Crippen molar-refractivity contribution in [2.75, 3.05) is 7.11 Å². The number of nitrogens with two attached hydrogens (primary N) is 2. The Morgan fingerprint density at radius 2 is 1.12 bits per heavy atom. The highest BCUT2D eigenvalue weighted by atomic mass is 16.5. The molecule has 2 amide bonds. The van der Waals surface area contributed by atoms with Crippen LogP contribution < -0.4 is 11.5 Å². The average Bonchev–Trinajstić information content (AvgIpc) is 2.62. The molecule has 2 fully saturated rings. The first-order valence-corrected chi connectivity index (χ1v) is 8.64. The standard InChI is InChI=1S/C9H15NO3.C8H13NO3/c1-13-8(12)9(7(10)11)5-3-2-4-6-9;9-6(10)8(7(11)12)4-2-1-3-5-8/h2-6H2,1H3,(H2,10,11);1-5H2,(H2,9,10)(H,11,12). The normalized spacial score (nSPS) is 21.2. The number of hydrogen-bond donors (Lipinski definition) is 3. The van der Waals surface area contributed by atoms with Crippen LogP contribution in [0.5, 0.6) is 0 Å². The van der Waals surface area contributed by atoms with Crippen molar-refractivity contribution in [2.24, 2.45) is 22.3 Å². The maximum absolute atomic E-state index is 11.4. The minimum absolute atomic E-state index is 0.400. The van der Waals surface area contributed by atoms with Crippen molar-refractivity contribution < 1.29 is 29.0 Å². The van der Waals surface area contributed by atoms with Crippen molar-refractivity contribution in [1.82, 2.24) is 0 Å². The first-order valence-electron chi connectivity index (χ1n) is 8.64. The van der Waals surface area contributed by atoms with E-state index in [0.29, 0.717) is 25.7 Å². The molecular weight excluding hydrogens is 328 g/mol. The van der Waals surface area contributed by atoms with E-state index in [-0.39, 0.29) is 0 Å². The minimum atomic E-state index is -1.27. The summed E-state index contributed by atoms with van der Waals surface area (Å²) in [5, 5.41) is 8.86. The second-order valence-electron chi connectivity index (χ2n) is 6.81. The van der Waals surface area contributed by atoms with Crippen LogP contribution in [-0.2, 0) is 23.9 Å². The SMILES string of the molecule is COC(=O)C1(C(N)=O)CCCCC1.NC(=O)C1(C(=O)O)CCCCC1. The van der Waals surface area contributed by atoms with Crippen molar-refractivity contribution >= 4 is 23.8 Å². The van der Waals surface area contributed by atoms with Gasteiger partial charge in [0.15, 0.2) is 0 Å². The smallest absolute Gasteiger partial charge is 0.321 e. The number of esters is 1. The second-order valence-corrected chi connectivity index (χ2v) is 6.81. The van der Waals surface area contributed by atoms with Gasteiger partial charge in [-0.15, -0.1) is 0 Å². The highest BCUT2D eigenvalue weighted by Crippen LogP contribution is 2.37. The zero-order chi connectivity index (χ0) is 19.1. The minimum Gasteiger partial charge on any atom is -0.480 e. The van der Waals surface area contributed by atoms with Gasteiger partial charge in [0.2, 0.25) is 11.8 Å². The van der Waals surface area contributed by atoms with E-state index >= 15 is 0 Å². The van der Waals surface area contributed by atoms with Gasteiger partial charge in [-0.25, -0.2) is 0 Å². The number of primary amides is 2. The van der Waals surface area contributed by atoms with E-state index in [1.54, 1.807) is 0 Å². The topological polar surface area (TPSA) is 150 Å². The van der Waals surface area contributed by atoms with Crippen LogP contribution in [0.3, 0.4) is 0 Å². The predicted molar refractivity (Wildman–Crippen MR) is 89.1 cm³/mol. The fourth-order valence-corrected chi connectivity index (χ4v) is 3.62. The Bertz CT molecular complexity index is 503. The number of rotatable bonds is 4. The van der Waals surface area contributed by atoms with E-state index in [2.05, 4.69) is 4.74 Å². The quantitative estimate of drug-likeness (QED) is 0.507. The largest absolute Gasteiger partial charge is 0.480 e. The molecule has 0 unspecified atom stereocenters. The lowest BCUT2D eigenvalue weighted by atomic mass is 9.73. The maximum atomic E-state index is 11.4. The monoisotopic (exact) mass is 356 g/mol. The summed E-state index contributed by atoms with van der Waals surface area (Å²) in [5.74, 6) is -2.76. The molecule has 2 aliphatic carbocycles.